The van der Waals surface area contributed by atoms with E-state index in [2.05, 4.69) is 4.98 Å². The van der Waals surface area contributed by atoms with Crippen LogP contribution in [-0.2, 0) is 0 Å². The molecule has 0 bridgehead atoms. The van der Waals surface area contributed by atoms with Gasteiger partial charge in [0.2, 0.25) is 5.88 Å². The SMILES string of the molecule is COc1nccc(-c2cc(F)cc(Cl)c2)c1C=O. The highest BCUT2D eigenvalue weighted by molar-refractivity contribution is 6.30. The molecule has 0 saturated heterocycles. The maximum atomic E-state index is 13.3. The average molecular weight is 266 g/mol. The minimum Gasteiger partial charge on any atom is -0.480 e. The van der Waals surface area contributed by atoms with Crippen molar-refractivity contribution in [2.75, 3.05) is 7.11 Å². The predicted octanol–water partition coefficient (Wildman–Crippen LogP) is 3.36. The van der Waals surface area contributed by atoms with Gasteiger partial charge in [-0.25, -0.2) is 9.37 Å². The van der Waals surface area contributed by atoms with Gasteiger partial charge >= 0.3 is 0 Å². The van der Waals surface area contributed by atoms with Crippen molar-refractivity contribution in [1.82, 2.24) is 4.98 Å². The van der Waals surface area contributed by atoms with Crippen LogP contribution >= 0.6 is 11.6 Å². The Morgan fingerprint density at radius 1 is 1.39 bits per heavy atom. The van der Waals surface area contributed by atoms with Crippen LogP contribution in [0.15, 0.2) is 30.5 Å². The van der Waals surface area contributed by atoms with Gasteiger partial charge in [-0.1, -0.05) is 11.6 Å². The van der Waals surface area contributed by atoms with Gasteiger partial charge in [-0.15, -0.1) is 0 Å². The van der Waals surface area contributed by atoms with Crippen LogP contribution in [0.4, 0.5) is 4.39 Å². The van der Waals surface area contributed by atoms with Gasteiger partial charge in [0.15, 0.2) is 6.29 Å². The number of hydrogen-bond donors (Lipinski definition) is 0. The van der Waals surface area contributed by atoms with Crippen LogP contribution in [-0.4, -0.2) is 18.4 Å². The molecule has 2 rings (SSSR count). The molecule has 0 radical (unpaired) electrons. The normalized spacial score (nSPS) is 10.2. The summed E-state index contributed by atoms with van der Waals surface area (Å²) < 4.78 is 18.3. The molecule has 0 aliphatic carbocycles. The summed E-state index contributed by atoms with van der Waals surface area (Å²) in [6, 6.07) is 5.68. The van der Waals surface area contributed by atoms with Gasteiger partial charge in [0.05, 0.1) is 12.7 Å². The zero-order valence-corrected chi connectivity index (χ0v) is 10.2. The molecular weight excluding hydrogens is 257 g/mol. The number of aromatic nitrogens is 1. The quantitative estimate of drug-likeness (QED) is 0.799. The number of methoxy groups -OCH3 is 1. The van der Waals surface area contributed by atoms with Crippen LogP contribution in [0.25, 0.3) is 11.1 Å². The number of hydrogen-bond acceptors (Lipinski definition) is 3. The lowest BCUT2D eigenvalue weighted by atomic mass is 10.0. The lowest BCUT2D eigenvalue weighted by Gasteiger charge is -2.09. The summed E-state index contributed by atoms with van der Waals surface area (Å²) in [5, 5.41) is 0.262. The Labute approximate surface area is 108 Å². The van der Waals surface area contributed by atoms with Gasteiger partial charge in [0.1, 0.15) is 5.82 Å². The zero-order valence-electron chi connectivity index (χ0n) is 9.48. The molecule has 0 amide bonds. The Hall–Kier alpha value is -1.94. The summed E-state index contributed by atoms with van der Waals surface area (Å²) in [5.41, 5.74) is 1.29. The van der Waals surface area contributed by atoms with Crippen LogP contribution < -0.4 is 4.74 Å². The Bertz CT molecular complexity index is 581. The number of halogens is 2. The predicted molar refractivity (Wildman–Crippen MR) is 66.6 cm³/mol. The van der Waals surface area contributed by atoms with Crippen molar-refractivity contribution in [1.29, 1.82) is 0 Å². The van der Waals surface area contributed by atoms with E-state index in [0.717, 1.165) is 0 Å². The van der Waals surface area contributed by atoms with Gasteiger partial charge in [-0.05, 0) is 35.4 Å². The second kappa shape index (κ2) is 5.14. The van der Waals surface area contributed by atoms with Crippen molar-refractivity contribution < 1.29 is 13.9 Å². The smallest absolute Gasteiger partial charge is 0.224 e. The van der Waals surface area contributed by atoms with E-state index in [-0.39, 0.29) is 16.5 Å². The van der Waals surface area contributed by atoms with Gasteiger partial charge in [-0.3, -0.25) is 4.79 Å². The third-order valence-electron chi connectivity index (χ3n) is 2.44. The minimum absolute atomic E-state index is 0.197. The van der Waals surface area contributed by atoms with E-state index in [1.54, 1.807) is 12.1 Å². The van der Waals surface area contributed by atoms with Gasteiger partial charge in [0, 0.05) is 11.2 Å². The van der Waals surface area contributed by atoms with Crippen LogP contribution in [0.2, 0.25) is 5.02 Å². The number of carbonyl (C=O) groups excluding carboxylic acids is 1. The monoisotopic (exact) mass is 265 g/mol. The second-order valence-corrected chi connectivity index (χ2v) is 3.99. The minimum atomic E-state index is -0.467. The largest absolute Gasteiger partial charge is 0.480 e. The fourth-order valence-corrected chi connectivity index (χ4v) is 1.91. The zero-order chi connectivity index (χ0) is 13.1. The van der Waals surface area contributed by atoms with Crippen molar-refractivity contribution in [2.24, 2.45) is 0 Å². The van der Waals surface area contributed by atoms with E-state index in [1.165, 1.54) is 25.4 Å². The first-order valence-electron chi connectivity index (χ1n) is 5.10. The highest BCUT2D eigenvalue weighted by Crippen LogP contribution is 2.29. The third kappa shape index (κ3) is 2.33. The van der Waals surface area contributed by atoms with Crippen LogP contribution in [0.5, 0.6) is 5.88 Å². The molecule has 18 heavy (non-hydrogen) atoms. The fraction of sp³-hybridized carbons (Fsp3) is 0.0769. The number of rotatable bonds is 3. The summed E-state index contributed by atoms with van der Waals surface area (Å²) in [5.74, 6) is -0.270. The van der Waals surface area contributed by atoms with Crippen molar-refractivity contribution >= 4 is 17.9 Å². The highest BCUT2D eigenvalue weighted by Gasteiger charge is 2.12. The number of ether oxygens (including phenoxy) is 1. The molecule has 0 N–H and O–H groups in total. The summed E-state index contributed by atoms with van der Waals surface area (Å²) in [6.07, 6.45) is 2.11. The molecule has 5 heteroatoms. The second-order valence-electron chi connectivity index (χ2n) is 3.56. The number of pyridine rings is 1. The van der Waals surface area contributed by atoms with Gasteiger partial charge < -0.3 is 4.74 Å². The van der Waals surface area contributed by atoms with E-state index in [9.17, 15) is 9.18 Å². The number of benzene rings is 1. The Balaban J connectivity index is 2.66. The molecule has 0 aliphatic rings. The van der Waals surface area contributed by atoms with Crippen molar-refractivity contribution in [3.8, 4) is 17.0 Å². The molecule has 0 unspecified atom stereocenters. The summed E-state index contributed by atoms with van der Waals surface area (Å²) in [4.78, 5) is 15.0. The molecule has 92 valence electrons. The Morgan fingerprint density at radius 3 is 2.78 bits per heavy atom. The molecule has 1 heterocycles. The van der Waals surface area contributed by atoms with Crippen LogP contribution in [0.3, 0.4) is 0 Å². The molecule has 0 saturated carbocycles. The summed E-state index contributed by atoms with van der Waals surface area (Å²) >= 11 is 5.79. The topological polar surface area (TPSA) is 39.2 Å². The maximum absolute atomic E-state index is 13.3. The summed E-state index contributed by atoms with van der Waals surface area (Å²) in [6.45, 7) is 0. The molecule has 1 aromatic heterocycles. The highest BCUT2D eigenvalue weighted by atomic mass is 35.5. The first kappa shape index (κ1) is 12.5. The van der Waals surface area contributed by atoms with Crippen molar-refractivity contribution in [3.63, 3.8) is 0 Å². The number of nitrogens with zero attached hydrogens (tertiary/aromatic N) is 1. The van der Waals surface area contributed by atoms with Crippen molar-refractivity contribution in [3.05, 3.63) is 46.9 Å². The van der Waals surface area contributed by atoms with E-state index >= 15 is 0 Å². The fourth-order valence-electron chi connectivity index (χ4n) is 1.69. The van der Waals surface area contributed by atoms with E-state index < -0.39 is 5.82 Å². The lowest BCUT2D eigenvalue weighted by molar-refractivity contribution is 0.112. The standard InChI is InChI=1S/C13H9ClFNO2/c1-18-13-12(7-17)11(2-3-16-13)8-4-9(14)6-10(15)5-8/h2-7H,1H3. The first-order valence-corrected chi connectivity index (χ1v) is 5.48. The molecule has 0 atom stereocenters. The molecule has 2 aromatic rings. The lowest BCUT2D eigenvalue weighted by Crippen LogP contribution is -1.97. The molecule has 0 fully saturated rings. The summed E-state index contributed by atoms with van der Waals surface area (Å²) in [7, 11) is 1.41. The van der Waals surface area contributed by atoms with Crippen LogP contribution in [0, 0.1) is 5.82 Å². The Kier molecular flexibility index (Phi) is 3.58. The van der Waals surface area contributed by atoms with Crippen molar-refractivity contribution in [2.45, 2.75) is 0 Å². The molecular formula is C13H9ClFNO2. The molecule has 3 nitrogen and oxygen atoms in total. The van der Waals surface area contributed by atoms with Gasteiger partial charge in [0.25, 0.3) is 0 Å². The third-order valence-corrected chi connectivity index (χ3v) is 2.66. The average Bonchev–Trinajstić information content (AvgIpc) is 2.36. The molecule has 0 spiro atoms. The maximum Gasteiger partial charge on any atom is 0.224 e. The number of carbonyl (C=O) groups is 1. The molecule has 1 aromatic carbocycles. The Morgan fingerprint density at radius 2 is 2.17 bits per heavy atom. The first-order chi connectivity index (χ1) is 8.65. The van der Waals surface area contributed by atoms with E-state index in [0.29, 0.717) is 17.4 Å². The number of aldehydes is 1. The molecule has 0 aliphatic heterocycles. The van der Waals surface area contributed by atoms with E-state index in [1.807, 2.05) is 0 Å². The van der Waals surface area contributed by atoms with Gasteiger partial charge in [-0.2, -0.15) is 0 Å². The van der Waals surface area contributed by atoms with E-state index in [4.69, 9.17) is 16.3 Å². The van der Waals surface area contributed by atoms with Crippen LogP contribution in [0.1, 0.15) is 10.4 Å².